The zero-order valence-corrected chi connectivity index (χ0v) is 12.6. The third-order valence-electron chi connectivity index (χ3n) is 3.30. The molecule has 0 bridgehead atoms. The monoisotopic (exact) mass is 346 g/mol. The average Bonchev–Trinajstić information content (AvgIpc) is 2.23. The molecule has 1 aromatic carbocycles. The number of benzene rings is 1. The minimum Gasteiger partial charge on any atom is -0.496 e. The van der Waals surface area contributed by atoms with Crippen molar-refractivity contribution in [1.82, 2.24) is 0 Å². The second kappa shape index (κ2) is 5.54. The highest BCUT2D eigenvalue weighted by molar-refractivity contribution is 9.10. The fraction of sp³-hybridized carbons (Fsp3) is 0.538. The van der Waals surface area contributed by atoms with Crippen LogP contribution >= 0.6 is 31.9 Å². The molecule has 3 heteroatoms. The zero-order chi connectivity index (χ0) is 11.5. The van der Waals surface area contributed by atoms with Crippen LogP contribution in [0.1, 0.15) is 36.1 Å². The van der Waals surface area contributed by atoms with Gasteiger partial charge in [0.1, 0.15) is 5.75 Å². The SMILES string of the molecule is COc1ccc(C(Br)CC2CCC2)cc1Br. The van der Waals surface area contributed by atoms with Crippen molar-refractivity contribution < 1.29 is 4.74 Å². The first-order chi connectivity index (χ1) is 7.70. The molecule has 88 valence electrons. The van der Waals surface area contributed by atoms with Gasteiger partial charge in [-0.3, -0.25) is 0 Å². The summed E-state index contributed by atoms with van der Waals surface area (Å²) in [5.74, 6) is 1.82. The van der Waals surface area contributed by atoms with Crippen LogP contribution < -0.4 is 4.74 Å². The van der Waals surface area contributed by atoms with Crippen LogP contribution in [-0.4, -0.2) is 7.11 Å². The molecule has 0 N–H and O–H groups in total. The number of rotatable bonds is 4. The van der Waals surface area contributed by atoms with Gasteiger partial charge in [0, 0.05) is 4.83 Å². The first kappa shape index (κ1) is 12.4. The van der Waals surface area contributed by atoms with Crippen molar-refractivity contribution in [3.8, 4) is 5.75 Å². The van der Waals surface area contributed by atoms with Crippen molar-refractivity contribution in [3.63, 3.8) is 0 Å². The number of hydrogen-bond donors (Lipinski definition) is 0. The molecule has 1 aliphatic carbocycles. The highest BCUT2D eigenvalue weighted by atomic mass is 79.9. The second-order valence-electron chi connectivity index (χ2n) is 4.39. The Hall–Kier alpha value is -0.0200. The van der Waals surface area contributed by atoms with E-state index in [9.17, 15) is 0 Å². The third-order valence-corrected chi connectivity index (χ3v) is 4.82. The average molecular weight is 348 g/mol. The molecule has 1 nitrogen and oxygen atoms in total. The van der Waals surface area contributed by atoms with Crippen LogP contribution in [0.5, 0.6) is 5.75 Å². The molecular formula is C13H16Br2O. The molecule has 0 amide bonds. The van der Waals surface area contributed by atoms with Gasteiger partial charge in [-0.25, -0.2) is 0 Å². The lowest BCUT2D eigenvalue weighted by Gasteiger charge is -2.27. The predicted octanol–water partition coefficient (Wildman–Crippen LogP) is 5.08. The summed E-state index contributed by atoms with van der Waals surface area (Å²) in [6.45, 7) is 0. The summed E-state index contributed by atoms with van der Waals surface area (Å²) in [7, 11) is 1.69. The van der Waals surface area contributed by atoms with Crippen molar-refractivity contribution in [3.05, 3.63) is 28.2 Å². The molecule has 0 heterocycles. The first-order valence-electron chi connectivity index (χ1n) is 5.68. The van der Waals surface area contributed by atoms with Gasteiger partial charge in [0.2, 0.25) is 0 Å². The molecule has 0 radical (unpaired) electrons. The molecule has 1 aromatic rings. The maximum atomic E-state index is 5.23. The predicted molar refractivity (Wildman–Crippen MR) is 74.3 cm³/mol. The molecule has 1 saturated carbocycles. The summed E-state index contributed by atoms with van der Waals surface area (Å²) in [5, 5.41) is 0. The Morgan fingerprint density at radius 2 is 2.19 bits per heavy atom. The molecule has 2 rings (SSSR count). The molecule has 0 aliphatic heterocycles. The molecule has 0 aromatic heterocycles. The Balaban J connectivity index is 2.04. The molecule has 1 aliphatic rings. The molecule has 1 fully saturated rings. The van der Waals surface area contributed by atoms with E-state index in [0.717, 1.165) is 16.1 Å². The summed E-state index contributed by atoms with van der Waals surface area (Å²) < 4.78 is 6.26. The lowest BCUT2D eigenvalue weighted by atomic mass is 9.81. The summed E-state index contributed by atoms with van der Waals surface area (Å²) in [4.78, 5) is 0.472. The molecular weight excluding hydrogens is 332 g/mol. The van der Waals surface area contributed by atoms with E-state index in [2.05, 4.69) is 44.0 Å². The van der Waals surface area contributed by atoms with Gasteiger partial charge in [-0.05, 0) is 46.0 Å². The van der Waals surface area contributed by atoms with E-state index < -0.39 is 0 Å². The van der Waals surface area contributed by atoms with Crippen LogP contribution in [0.4, 0.5) is 0 Å². The fourth-order valence-electron chi connectivity index (χ4n) is 2.03. The Bertz CT molecular complexity index is 361. The molecule has 0 spiro atoms. The molecule has 0 saturated heterocycles. The normalized spacial score (nSPS) is 17.9. The van der Waals surface area contributed by atoms with E-state index in [4.69, 9.17) is 4.74 Å². The van der Waals surface area contributed by atoms with Gasteiger partial charge in [-0.2, -0.15) is 0 Å². The highest BCUT2D eigenvalue weighted by Crippen LogP contribution is 2.40. The van der Waals surface area contributed by atoms with E-state index in [1.807, 2.05) is 6.07 Å². The Morgan fingerprint density at radius 1 is 1.44 bits per heavy atom. The second-order valence-corrected chi connectivity index (χ2v) is 6.35. The minimum atomic E-state index is 0.472. The summed E-state index contributed by atoms with van der Waals surface area (Å²) in [6.07, 6.45) is 5.47. The molecule has 16 heavy (non-hydrogen) atoms. The topological polar surface area (TPSA) is 9.23 Å². The lowest BCUT2D eigenvalue weighted by molar-refractivity contribution is 0.295. The van der Waals surface area contributed by atoms with Gasteiger partial charge in [0.05, 0.1) is 11.6 Å². The van der Waals surface area contributed by atoms with Crippen LogP contribution in [0, 0.1) is 5.92 Å². The summed E-state index contributed by atoms with van der Waals surface area (Å²) in [5.41, 5.74) is 1.33. The number of alkyl halides is 1. The van der Waals surface area contributed by atoms with Crippen LogP contribution in [0.25, 0.3) is 0 Å². The summed E-state index contributed by atoms with van der Waals surface area (Å²) >= 11 is 7.31. The Labute approximate surface area is 114 Å². The van der Waals surface area contributed by atoms with Crippen molar-refractivity contribution in [1.29, 1.82) is 0 Å². The number of methoxy groups -OCH3 is 1. The Morgan fingerprint density at radius 3 is 2.69 bits per heavy atom. The quantitative estimate of drug-likeness (QED) is 0.690. The van der Waals surface area contributed by atoms with Crippen molar-refractivity contribution in [2.24, 2.45) is 5.92 Å². The van der Waals surface area contributed by atoms with E-state index in [1.54, 1.807) is 7.11 Å². The number of halogens is 2. The Kier molecular flexibility index (Phi) is 4.31. The van der Waals surface area contributed by atoms with E-state index in [0.29, 0.717) is 4.83 Å². The van der Waals surface area contributed by atoms with Crippen molar-refractivity contribution in [2.75, 3.05) is 7.11 Å². The maximum absolute atomic E-state index is 5.23. The largest absolute Gasteiger partial charge is 0.496 e. The smallest absolute Gasteiger partial charge is 0.133 e. The van der Waals surface area contributed by atoms with Gasteiger partial charge in [-0.15, -0.1) is 0 Å². The standard InChI is InChI=1S/C13H16Br2O/c1-16-13-6-5-10(8-12(13)15)11(14)7-9-3-2-4-9/h5-6,8-9,11H,2-4,7H2,1H3. The minimum absolute atomic E-state index is 0.472. The maximum Gasteiger partial charge on any atom is 0.133 e. The van der Waals surface area contributed by atoms with E-state index in [-0.39, 0.29) is 0 Å². The zero-order valence-electron chi connectivity index (χ0n) is 9.38. The van der Waals surface area contributed by atoms with E-state index >= 15 is 0 Å². The van der Waals surface area contributed by atoms with E-state index in [1.165, 1.54) is 31.2 Å². The van der Waals surface area contributed by atoms with Crippen LogP contribution in [0.3, 0.4) is 0 Å². The first-order valence-corrected chi connectivity index (χ1v) is 7.39. The highest BCUT2D eigenvalue weighted by Gasteiger charge is 2.21. The third kappa shape index (κ3) is 2.80. The van der Waals surface area contributed by atoms with Crippen molar-refractivity contribution in [2.45, 2.75) is 30.5 Å². The van der Waals surface area contributed by atoms with Gasteiger partial charge in [0.25, 0.3) is 0 Å². The van der Waals surface area contributed by atoms with Gasteiger partial charge >= 0.3 is 0 Å². The van der Waals surface area contributed by atoms with Gasteiger partial charge in [0.15, 0.2) is 0 Å². The van der Waals surface area contributed by atoms with Crippen LogP contribution in [0.15, 0.2) is 22.7 Å². The molecule has 1 unspecified atom stereocenters. The molecule has 1 atom stereocenters. The van der Waals surface area contributed by atoms with Gasteiger partial charge in [-0.1, -0.05) is 41.3 Å². The van der Waals surface area contributed by atoms with Gasteiger partial charge < -0.3 is 4.74 Å². The lowest BCUT2D eigenvalue weighted by Crippen LogP contribution is -2.12. The van der Waals surface area contributed by atoms with Crippen molar-refractivity contribution >= 4 is 31.9 Å². The summed E-state index contributed by atoms with van der Waals surface area (Å²) in [6, 6.07) is 6.31. The van der Waals surface area contributed by atoms with Crippen LogP contribution in [0.2, 0.25) is 0 Å². The fourth-order valence-corrected chi connectivity index (χ4v) is 3.41. The van der Waals surface area contributed by atoms with Crippen LogP contribution in [-0.2, 0) is 0 Å². The number of ether oxygens (including phenoxy) is 1. The number of hydrogen-bond acceptors (Lipinski definition) is 1.